The molecule has 4 heteroatoms. The summed E-state index contributed by atoms with van der Waals surface area (Å²) in [6.45, 7) is 0.920. The minimum Gasteiger partial charge on any atom is -0.337 e. The summed E-state index contributed by atoms with van der Waals surface area (Å²) in [7, 11) is 1.93. The average Bonchev–Trinajstić information content (AvgIpc) is 2.82. The van der Waals surface area contributed by atoms with E-state index >= 15 is 0 Å². The van der Waals surface area contributed by atoms with Gasteiger partial charge in [0.25, 0.3) is 0 Å². The Morgan fingerprint density at radius 3 is 2.72 bits per heavy atom. The molecule has 1 heterocycles. The number of nitrogens with zero attached hydrogens (tertiary/aromatic N) is 1. The number of aromatic amines is 1. The maximum Gasteiger partial charge on any atom is 0.181 e. The summed E-state index contributed by atoms with van der Waals surface area (Å²) in [5, 5.41) is 3.07. The third kappa shape index (κ3) is 3.10. The molecule has 0 aliphatic heterocycles. The first kappa shape index (κ1) is 12.6. The third-order valence-corrected chi connectivity index (χ3v) is 2.84. The van der Waals surface area contributed by atoms with Crippen molar-refractivity contribution in [2.75, 3.05) is 13.6 Å². The van der Waals surface area contributed by atoms with Crippen LogP contribution in [0, 0.1) is 16.6 Å². The molecule has 2 aromatic rings. The number of benzene rings is 1. The maximum absolute atomic E-state index is 5.17. The van der Waals surface area contributed by atoms with Crippen LogP contribution >= 0.6 is 12.2 Å². The van der Waals surface area contributed by atoms with Gasteiger partial charge >= 0.3 is 0 Å². The first-order valence-corrected chi connectivity index (χ1v) is 6.22. The lowest BCUT2D eigenvalue weighted by molar-refractivity contribution is 0.818. The monoisotopic (exact) mass is 257 g/mol. The second-order valence-electron chi connectivity index (χ2n) is 3.84. The zero-order valence-corrected chi connectivity index (χ0v) is 11.1. The minimum absolute atomic E-state index is 0.697. The Morgan fingerprint density at radius 1 is 1.33 bits per heavy atom. The Balaban J connectivity index is 2.13. The van der Waals surface area contributed by atoms with Crippen LogP contribution in [0.25, 0.3) is 5.69 Å². The number of rotatable bonds is 3. The Kier molecular flexibility index (Phi) is 4.35. The third-order valence-electron chi connectivity index (χ3n) is 2.53. The van der Waals surface area contributed by atoms with Gasteiger partial charge in [0.1, 0.15) is 0 Å². The van der Waals surface area contributed by atoms with Gasteiger partial charge in [-0.05, 0) is 43.5 Å². The molecule has 0 atom stereocenters. The first-order valence-electron chi connectivity index (χ1n) is 5.81. The van der Waals surface area contributed by atoms with Crippen molar-refractivity contribution in [1.29, 1.82) is 0 Å². The summed E-state index contributed by atoms with van der Waals surface area (Å²) in [6, 6.07) is 8.06. The van der Waals surface area contributed by atoms with E-state index in [0.29, 0.717) is 4.77 Å². The van der Waals surface area contributed by atoms with Crippen LogP contribution in [0.15, 0.2) is 36.7 Å². The first-order chi connectivity index (χ1) is 8.81. The lowest BCUT2D eigenvalue weighted by Gasteiger charge is -2.01. The molecule has 0 amide bonds. The van der Waals surface area contributed by atoms with E-state index in [1.807, 2.05) is 48.3 Å². The fraction of sp³-hybridized carbons (Fsp3) is 0.214. The molecule has 0 fully saturated rings. The van der Waals surface area contributed by atoms with Crippen molar-refractivity contribution in [1.82, 2.24) is 14.9 Å². The van der Waals surface area contributed by atoms with Gasteiger partial charge in [-0.1, -0.05) is 11.8 Å². The molecule has 0 aliphatic carbocycles. The molecule has 0 saturated carbocycles. The molecule has 0 radical (unpaired) electrons. The number of hydrogen-bond acceptors (Lipinski definition) is 2. The second kappa shape index (κ2) is 6.20. The highest BCUT2D eigenvalue weighted by Gasteiger charge is 1.96. The van der Waals surface area contributed by atoms with Crippen molar-refractivity contribution in [3.63, 3.8) is 0 Å². The summed E-state index contributed by atoms with van der Waals surface area (Å²) >= 11 is 5.17. The van der Waals surface area contributed by atoms with E-state index in [-0.39, 0.29) is 0 Å². The predicted octanol–water partition coefficient (Wildman–Crippen LogP) is 2.50. The lowest BCUT2D eigenvalue weighted by atomic mass is 10.2. The van der Waals surface area contributed by atoms with Crippen LogP contribution in [0.3, 0.4) is 0 Å². The van der Waals surface area contributed by atoms with Crippen molar-refractivity contribution in [2.45, 2.75) is 6.42 Å². The van der Waals surface area contributed by atoms with E-state index in [0.717, 1.165) is 24.2 Å². The number of hydrogen-bond donors (Lipinski definition) is 2. The van der Waals surface area contributed by atoms with E-state index in [1.54, 1.807) is 0 Å². The normalized spacial score (nSPS) is 9.83. The molecule has 3 nitrogen and oxygen atoms in total. The Bertz CT molecular complexity index is 611. The molecule has 0 saturated heterocycles. The minimum atomic E-state index is 0.697. The topological polar surface area (TPSA) is 32.8 Å². The van der Waals surface area contributed by atoms with Crippen LogP contribution in [0.2, 0.25) is 0 Å². The molecular weight excluding hydrogens is 242 g/mol. The van der Waals surface area contributed by atoms with Gasteiger partial charge in [0.2, 0.25) is 0 Å². The molecule has 0 unspecified atom stereocenters. The SMILES string of the molecule is CNCCC#Cc1ccc(-n2cc[nH]c2=S)cc1. The van der Waals surface area contributed by atoms with E-state index in [9.17, 15) is 0 Å². The Hall–Kier alpha value is -1.83. The van der Waals surface area contributed by atoms with Gasteiger partial charge < -0.3 is 10.3 Å². The highest BCUT2D eigenvalue weighted by Crippen LogP contribution is 2.09. The molecule has 0 bridgehead atoms. The van der Waals surface area contributed by atoms with Crippen LogP contribution in [0.1, 0.15) is 12.0 Å². The predicted molar refractivity (Wildman–Crippen MR) is 76.4 cm³/mol. The van der Waals surface area contributed by atoms with Gasteiger partial charge in [0.15, 0.2) is 4.77 Å². The maximum atomic E-state index is 5.17. The largest absolute Gasteiger partial charge is 0.337 e. The number of nitrogens with one attached hydrogen (secondary N) is 2. The standard InChI is InChI=1S/C14H15N3S/c1-15-9-3-2-4-12-5-7-13(8-6-12)17-11-10-16-14(17)18/h5-8,10-11,15H,3,9H2,1H3,(H,16,18). The van der Waals surface area contributed by atoms with Gasteiger partial charge in [-0.2, -0.15) is 0 Å². The van der Waals surface area contributed by atoms with E-state index in [4.69, 9.17) is 12.2 Å². The molecule has 1 aromatic carbocycles. The molecular formula is C14H15N3S. The summed E-state index contributed by atoms with van der Waals surface area (Å²) in [5.41, 5.74) is 2.07. The smallest absolute Gasteiger partial charge is 0.181 e. The molecule has 2 rings (SSSR count). The molecule has 1 aromatic heterocycles. The molecule has 2 N–H and O–H groups in total. The highest BCUT2D eigenvalue weighted by atomic mass is 32.1. The average molecular weight is 257 g/mol. The van der Waals surface area contributed by atoms with Gasteiger partial charge in [-0.15, -0.1) is 0 Å². The van der Waals surface area contributed by atoms with Crippen LogP contribution in [-0.2, 0) is 0 Å². The molecule has 92 valence electrons. The van der Waals surface area contributed by atoms with Crippen LogP contribution in [0.4, 0.5) is 0 Å². The van der Waals surface area contributed by atoms with Gasteiger partial charge in [-0.3, -0.25) is 4.57 Å². The Labute approximate surface area is 112 Å². The highest BCUT2D eigenvalue weighted by molar-refractivity contribution is 7.71. The van der Waals surface area contributed by atoms with Gasteiger partial charge in [0.05, 0.1) is 0 Å². The number of H-pyrrole nitrogens is 1. The van der Waals surface area contributed by atoms with Crippen molar-refractivity contribution >= 4 is 12.2 Å². The zero-order valence-electron chi connectivity index (χ0n) is 10.2. The molecule has 0 aliphatic rings. The number of imidazole rings is 1. The fourth-order valence-electron chi connectivity index (χ4n) is 1.58. The van der Waals surface area contributed by atoms with E-state index in [1.165, 1.54) is 0 Å². The van der Waals surface area contributed by atoms with Crippen molar-refractivity contribution < 1.29 is 0 Å². The van der Waals surface area contributed by atoms with Crippen molar-refractivity contribution in [3.8, 4) is 17.5 Å². The quantitative estimate of drug-likeness (QED) is 0.503. The van der Waals surface area contributed by atoms with Crippen LogP contribution in [-0.4, -0.2) is 23.1 Å². The van der Waals surface area contributed by atoms with Crippen molar-refractivity contribution in [3.05, 3.63) is 47.0 Å². The summed E-state index contributed by atoms with van der Waals surface area (Å²) in [6.07, 6.45) is 4.60. The van der Waals surface area contributed by atoms with Crippen molar-refractivity contribution in [2.24, 2.45) is 0 Å². The van der Waals surface area contributed by atoms with E-state index in [2.05, 4.69) is 22.1 Å². The summed E-state index contributed by atoms with van der Waals surface area (Å²) in [5.74, 6) is 6.26. The zero-order chi connectivity index (χ0) is 12.8. The van der Waals surface area contributed by atoms with Crippen LogP contribution in [0.5, 0.6) is 0 Å². The Morgan fingerprint density at radius 2 is 2.11 bits per heavy atom. The van der Waals surface area contributed by atoms with Crippen LogP contribution < -0.4 is 5.32 Å². The molecule has 0 spiro atoms. The van der Waals surface area contributed by atoms with Gasteiger partial charge in [-0.25, -0.2) is 0 Å². The lowest BCUT2D eigenvalue weighted by Crippen LogP contribution is -2.05. The van der Waals surface area contributed by atoms with Gasteiger partial charge in [0, 0.05) is 36.6 Å². The summed E-state index contributed by atoms with van der Waals surface area (Å²) in [4.78, 5) is 2.97. The van der Waals surface area contributed by atoms with E-state index < -0.39 is 0 Å². The molecule has 18 heavy (non-hydrogen) atoms. The summed E-state index contributed by atoms with van der Waals surface area (Å²) < 4.78 is 2.62. The number of aromatic nitrogens is 2. The fourth-order valence-corrected chi connectivity index (χ4v) is 1.82. The second-order valence-corrected chi connectivity index (χ2v) is 4.22.